The van der Waals surface area contributed by atoms with Crippen LogP contribution in [0, 0.1) is 0 Å². The molecule has 0 aliphatic rings. The van der Waals surface area contributed by atoms with Crippen molar-refractivity contribution in [1.29, 1.82) is 0 Å². The van der Waals surface area contributed by atoms with E-state index in [1.165, 1.54) is 0 Å². The average Bonchev–Trinajstić information content (AvgIpc) is 2.40. The van der Waals surface area contributed by atoms with Gasteiger partial charge in [-0.2, -0.15) is 4.39 Å². The normalized spacial score (nSPS) is 11.8. The van der Waals surface area contributed by atoms with Gasteiger partial charge < -0.3 is 4.74 Å². The summed E-state index contributed by atoms with van der Waals surface area (Å²) in [5, 5.41) is 0. The zero-order valence-corrected chi connectivity index (χ0v) is 9.05. The summed E-state index contributed by atoms with van der Waals surface area (Å²) in [7, 11) is 0. The molecule has 2 nitrogen and oxygen atoms in total. The lowest BCUT2D eigenvalue weighted by molar-refractivity contribution is -0.142. The fourth-order valence-electron chi connectivity index (χ4n) is 1.58. The summed E-state index contributed by atoms with van der Waals surface area (Å²) < 4.78 is 17.4. The third-order valence-electron chi connectivity index (χ3n) is 2.45. The molecule has 0 aromatic heterocycles. The van der Waals surface area contributed by atoms with Gasteiger partial charge in [0.25, 0.3) is 12.8 Å². The molecule has 0 aliphatic heterocycles. The number of alkyl halides is 1. The van der Waals surface area contributed by atoms with Gasteiger partial charge >= 0.3 is 0 Å². The van der Waals surface area contributed by atoms with Crippen molar-refractivity contribution in [3.63, 3.8) is 0 Å². The molecule has 2 rings (SSSR count). The van der Waals surface area contributed by atoms with Crippen LogP contribution >= 0.6 is 0 Å². The number of carbonyl (C=O) groups excluding carboxylic acids is 1. The van der Waals surface area contributed by atoms with E-state index in [-0.39, 0.29) is 6.47 Å². The summed E-state index contributed by atoms with van der Waals surface area (Å²) in [6.45, 7) is 0.107. The van der Waals surface area contributed by atoms with Gasteiger partial charge in [-0.15, -0.1) is 0 Å². The van der Waals surface area contributed by atoms with E-state index in [1.54, 1.807) is 24.3 Å². The topological polar surface area (TPSA) is 26.3 Å². The highest BCUT2D eigenvalue weighted by Crippen LogP contribution is 2.23. The van der Waals surface area contributed by atoms with Crippen molar-refractivity contribution in [1.82, 2.24) is 0 Å². The van der Waals surface area contributed by atoms with Crippen LogP contribution in [0.1, 0.15) is 11.9 Å². The maximum absolute atomic E-state index is 13.2. The number of halogens is 1. The van der Waals surface area contributed by atoms with Crippen molar-refractivity contribution in [2.24, 2.45) is 0 Å². The van der Waals surface area contributed by atoms with Crippen LogP contribution in [-0.2, 0) is 9.53 Å². The first-order valence-corrected chi connectivity index (χ1v) is 5.20. The molecule has 1 atom stereocenters. The van der Waals surface area contributed by atoms with Gasteiger partial charge in [0.05, 0.1) is 0 Å². The SMILES string of the molecule is O=COC(F)c1ccc(-c2ccccc2)cc1. The van der Waals surface area contributed by atoms with Crippen molar-refractivity contribution >= 4 is 6.47 Å². The quantitative estimate of drug-likeness (QED) is 0.751. The van der Waals surface area contributed by atoms with Gasteiger partial charge in [-0.3, -0.25) is 4.79 Å². The second kappa shape index (κ2) is 5.25. The van der Waals surface area contributed by atoms with Gasteiger partial charge in [-0.1, -0.05) is 54.6 Å². The molecule has 0 spiro atoms. The molecule has 0 aliphatic carbocycles. The van der Waals surface area contributed by atoms with E-state index < -0.39 is 6.36 Å². The third kappa shape index (κ3) is 2.69. The lowest BCUT2D eigenvalue weighted by Crippen LogP contribution is -1.95. The Morgan fingerprint density at radius 3 is 2.12 bits per heavy atom. The van der Waals surface area contributed by atoms with Gasteiger partial charge in [-0.25, -0.2) is 0 Å². The van der Waals surface area contributed by atoms with Crippen molar-refractivity contribution in [3.8, 4) is 11.1 Å². The molecule has 3 heteroatoms. The monoisotopic (exact) mass is 230 g/mol. The van der Waals surface area contributed by atoms with Gasteiger partial charge in [0, 0.05) is 5.56 Å². The molecule has 2 aromatic rings. The van der Waals surface area contributed by atoms with Crippen LogP contribution in [0.15, 0.2) is 54.6 Å². The number of benzene rings is 2. The largest absolute Gasteiger partial charge is 0.429 e. The van der Waals surface area contributed by atoms with Crippen molar-refractivity contribution in [2.75, 3.05) is 0 Å². The molecular weight excluding hydrogens is 219 g/mol. The summed E-state index contributed by atoms with van der Waals surface area (Å²) in [6, 6.07) is 16.6. The van der Waals surface area contributed by atoms with E-state index in [0.29, 0.717) is 5.56 Å². The first kappa shape index (κ1) is 11.3. The van der Waals surface area contributed by atoms with Gasteiger partial charge in [0.2, 0.25) is 0 Å². The molecule has 0 N–H and O–H groups in total. The number of carbonyl (C=O) groups is 1. The molecule has 17 heavy (non-hydrogen) atoms. The number of rotatable bonds is 4. The van der Waals surface area contributed by atoms with Crippen molar-refractivity contribution < 1.29 is 13.9 Å². The van der Waals surface area contributed by atoms with Crippen LogP contribution in [0.5, 0.6) is 0 Å². The Hall–Kier alpha value is -2.16. The second-order valence-electron chi connectivity index (χ2n) is 3.54. The minimum absolute atomic E-state index is 0.107. The lowest BCUT2D eigenvalue weighted by Gasteiger charge is -2.07. The third-order valence-corrected chi connectivity index (χ3v) is 2.45. The Kier molecular flexibility index (Phi) is 3.50. The molecule has 86 valence electrons. The Balaban J connectivity index is 2.21. The predicted molar refractivity (Wildman–Crippen MR) is 62.9 cm³/mol. The van der Waals surface area contributed by atoms with E-state index in [0.717, 1.165) is 11.1 Å². The maximum Gasteiger partial charge on any atom is 0.295 e. The number of hydrogen-bond acceptors (Lipinski definition) is 2. The van der Waals surface area contributed by atoms with Crippen LogP contribution < -0.4 is 0 Å². The molecule has 1 unspecified atom stereocenters. The van der Waals surface area contributed by atoms with E-state index in [2.05, 4.69) is 4.74 Å². The molecule has 0 amide bonds. The standard InChI is InChI=1S/C14H11FO2/c15-14(17-10-16)13-8-6-12(7-9-13)11-4-2-1-3-5-11/h1-10,14H. The van der Waals surface area contributed by atoms with Crippen LogP contribution in [0.3, 0.4) is 0 Å². The van der Waals surface area contributed by atoms with Crippen LogP contribution in [0.25, 0.3) is 11.1 Å². The fourth-order valence-corrected chi connectivity index (χ4v) is 1.58. The molecule has 0 saturated carbocycles. The minimum Gasteiger partial charge on any atom is -0.429 e. The molecular formula is C14H11FO2. The molecule has 0 saturated heterocycles. The molecule has 0 fully saturated rings. The van der Waals surface area contributed by atoms with Crippen LogP contribution in [0.2, 0.25) is 0 Å². The lowest BCUT2D eigenvalue weighted by atomic mass is 10.0. The Labute approximate surface area is 98.7 Å². The van der Waals surface area contributed by atoms with Gasteiger partial charge in [0.1, 0.15) is 0 Å². The maximum atomic E-state index is 13.2. The fraction of sp³-hybridized carbons (Fsp3) is 0.0714. The average molecular weight is 230 g/mol. The summed E-state index contributed by atoms with van der Waals surface area (Å²) in [5.74, 6) is 0. The zero-order chi connectivity index (χ0) is 12.1. The van der Waals surface area contributed by atoms with Crippen molar-refractivity contribution in [2.45, 2.75) is 6.36 Å². The Morgan fingerprint density at radius 2 is 1.53 bits per heavy atom. The van der Waals surface area contributed by atoms with Gasteiger partial charge in [-0.05, 0) is 11.1 Å². The Morgan fingerprint density at radius 1 is 0.941 bits per heavy atom. The zero-order valence-electron chi connectivity index (χ0n) is 9.05. The molecule has 0 bridgehead atoms. The van der Waals surface area contributed by atoms with Gasteiger partial charge in [0.15, 0.2) is 0 Å². The van der Waals surface area contributed by atoms with Crippen molar-refractivity contribution in [3.05, 3.63) is 60.2 Å². The summed E-state index contributed by atoms with van der Waals surface area (Å²) in [4.78, 5) is 10.0. The van der Waals surface area contributed by atoms with Crippen LogP contribution in [0.4, 0.5) is 4.39 Å². The van der Waals surface area contributed by atoms with E-state index >= 15 is 0 Å². The molecule has 2 aromatic carbocycles. The Bertz CT molecular complexity index is 479. The second-order valence-corrected chi connectivity index (χ2v) is 3.54. The highest BCUT2D eigenvalue weighted by Gasteiger charge is 2.09. The number of ether oxygens (including phenoxy) is 1. The van der Waals surface area contributed by atoms with E-state index in [1.807, 2.05) is 30.3 Å². The van der Waals surface area contributed by atoms with Crippen LogP contribution in [-0.4, -0.2) is 6.47 Å². The van der Waals surface area contributed by atoms with E-state index in [4.69, 9.17) is 0 Å². The first-order valence-electron chi connectivity index (χ1n) is 5.20. The predicted octanol–water partition coefficient (Wildman–Crippen LogP) is 3.49. The number of hydrogen-bond donors (Lipinski definition) is 0. The smallest absolute Gasteiger partial charge is 0.295 e. The molecule has 0 radical (unpaired) electrons. The first-order chi connectivity index (χ1) is 8.31. The summed E-state index contributed by atoms with van der Waals surface area (Å²) in [6.07, 6.45) is -1.70. The van der Waals surface area contributed by atoms with E-state index in [9.17, 15) is 9.18 Å². The highest BCUT2D eigenvalue weighted by molar-refractivity contribution is 5.63. The molecule has 0 heterocycles. The minimum atomic E-state index is -1.70. The summed E-state index contributed by atoms with van der Waals surface area (Å²) in [5.41, 5.74) is 2.38. The summed E-state index contributed by atoms with van der Waals surface area (Å²) >= 11 is 0. The highest BCUT2D eigenvalue weighted by atomic mass is 19.1.